The number of nitrogens with one attached hydrogen (secondary N) is 1. The lowest BCUT2D eigenvalue weighted by molar-refractivity contribution is 0.475. The summed E-state index contributed by atoms with van der Waals surface area (Å²) in [5.74, 6) is -0.0876. The Balaban J connectivity index is 1.72. The second-order valence-corrected chi connectivity index (χ2v) is 10.4. The molecule has 2 N–H and O–H groups in total. The van der Waals surface area contributed by atoms with Gasteiger partial charge in [0.2, 0.25) is 5.13 Å². The molecule has 8 heteroatoms. The van der Waals surface area contributed by atoms with E-state index >= 15 is 0 Å². The molecule has 0 aliphatic carbocycles. The van der Waals surface area contributed by atoms with E-state index in [1.54, 1.807) is 6.07 Å². The molecule has 0 atom stereocenters. The highest BCUT2D eigenvalue weighted by Gasteiger charge is 2.24. The maximum atomic E-state index is 12.7. The summed E-state index contributed by atoms with van der Waals surface area (Å²) < 4.78 is 0. The van der Waals surface area contributed by atoms with Crippen molar-refractivity contribution < 1.29 is 5.11 Å². The van der Waals surface area contributed by atoms with Gasteiger partial charge in [0.25, 0.3) is 5.56 Å². The van der Waals surface area contributed by atoms with Gasteiger partial charge >= 0.3 is 0 Å². The number of H-pyrrole nitrogens is 1. The number of nitrogens with zero attached hydrogens (tertiary/aromatic N) is 2. The summed E-state index contributed by atoms with van der Waals surface area (Å²) in [6, 6.07) is 12.7. The number of phenolic OH excluding ortho intramolecular Hbond substituents is 1. The Hall–Kier alpha value is -2.67. The Kier molecular flexibility index (Phi) is 6.12. The molecule has 0 amide bonds. The van der Waals surface area contributed by atoms with Crippen molar-refractivity contribution in [2.45, 2.75) is 32.6 Å². The molecular weight excluding hydrogens is 465 g/mol. The van der Waals surface area contributed by atoms with Gasteiger partial charge in [0.05, 0.1) is 10.7 Å². The van der Waals surface area contributed by atoms with Crippen LogP contribution in [0.5, 0.6) is 5.75 Å². The van der Waals surface area contributed by atoms with Crippen molar-refractivity contribution in [3.63, 3.8) is 0 Å². The Bertz CT molecular complexity index is 1400. The maximum absolute atomic E-state index is 12.7. The van der Waals surface area contributed by atoms with Crippen LogP contribution in [0.1, 0.15) is 42.5 Å². The predicted octanol–water partition coefficient (Wildman–Crippen LogP) is 6.64. The number of para-hydroxylation sites is 1. The number of fused-ring (bicyclic) bond motifs is 1. The highest BCUT2D eigenvalue weighted by Crippen LogP contribution is 2.35. The number of pyridine rings is 1. The molecule has 0 bridgehead atoms. The first-order valence-electron chi connectivity index (χ1n) is 9.95. The van der Waals surface area contributed by atoms with E-state index in [0.29, 0.717) is 27.7 Å². The normalized spacial score (nSPS) is 12.2. The number of aromatic hydroxyl groups is 1. The van der Waals surface area contributed by atoms with Gasteiger partial charge < -0.3 is 10.1 Å². The highest BCUT2D eigenvalue weighted by molar-refractivity contribution is 7.15. The minimum atomic E-state index is -0.231. The van der Waals surface area contributed by atoms with Crippen molar-refractivity contribution in [2.75, 3.05) is 0 Å². The zero-order chi connectivity index (χ0) is 23.0. The van der Waals surface area contributed by atoms with E-state index in [1.807, 2.05) is 30.3 Å². The lowest BCUT2D eigenvalue weighted by atomic mass is 9.90. The highest BCUT2D eigenvalue weighted by atomic mass is 35.5. The Labute approximate surface area is 199 Å². The summed E-state index contributed by atoms with van der Waals surface area (Å²) in [5.41, 5.74) is 2.43. The zero-order valence-corrected chi connectivity index (χ0v) is 20.1. The van der Waals surface area contributed by atoms with E-state index in [0.717, 1.165) is 21.5 Å². The molecule has 164 valence electrons. The van der Waals surface area contributed by atoms with Crippen LogP contribution in [0, 0.1) is 0 Å². The van der Waals surface area contributed by atoms with Crippen LogP contribution in [0.3, 0.4) is 0 Å². The van der Waals surface area contributed by atoms with Crippen LogP contribution in [0.4, 0.5) is 5.13 Å². The molecule has 0 aliphatic rings. The molecule has 4 aromatic rings. The molecule has 0 saturated heterocycles. The first-order valence-corrected chi connectivity index (χ1v) is 11.5. The molecule has 0 spiro atoms. The third-order valence-electron chi connectivity index (χ3n) is 4.95. The average Bonchev–Trinajstić information content (AvgIpc) is 3.13. The first-order chi connectivity index (χ1) is 15.1. The second-order valence-electron chi connectivity index (χ2n) is 8.49. The lowest BCUT2D eigenvalue weighted by Gasteiger charge is -2.17. The summed E-state index contributed by atoms with van der Waals surface area (Å²) in [6.45, 7) is 6.23. The molecule has 2 aromatic heterocycles. The van der Waals surface area contributed by atoms with Crippen molar-refractivity contribution in [1.82, 2.24) is 9.97 Å². The number of halogens is 2. The Morgan fingerprint density at radius 1 is 1.19 bits per heavy atom. The maximum Gasteiger partial charge on any atom is 0.251 e. The third kappa shape index (κ3) is 4.72. The standard InChI is InChI=1S/C24H21Cl2N3O2S/c1-24(2,3)21-19(10-14-8-13-6-4-5-7-18(13)28-22(14)31)32-23(29-21)27-12-15-9-16(25)11-17(26)20(15)30/h4-9,11-12,30H,10H2,1-3H3,(H,28,31)/b27-12+. The summed E-state index contributed by atoms with van der Waals surface area (Å²) in [5, 5.41) is 12.2. The van der Waals surface area contributed by atoms with E-state index in [1.165, 1.54) is 23.6 Å². The number of aromatic amines is 1. The van der Waals surface area contributed by atoms with Gasteiger partial charge in [-0.15, -0.1) is 0 Å². The van der Waals surface area contributed by atoms with Gasteiger partial charge in [0.1, 0.15) is 5.75 Å². The fourth-order valence-corrected chi connectivity index (χ4v) is 5.05. The molecule has 4 rings (SSSR count). The minimum absolute atomic E-state index is 0.0876. The molecule has 0 radical (unpaired) electrons. The molecule has 32 heavy (non-hydrogen) atoms. The number of rotatable bonds is 4. The van der Waals surface area contributed by atoms with Crippen LogP contribution in [0.15, 0.2) is 52.3 Å². The minimum Gasteiger partial charge on any atom is -0.506 e. The zero-order valence-electron chi connectivity index (χ0n) is 17.7. The first kappa shape index (κ1) is 22.5. The molecule has 0 aliphatic heterocycles. The van der Waals surface area contributed by atoms with Gasteiger partial charge in [-0.05, 0) is 29.7 Å². The van der Waals surface area contributed by atoms with E-state index < -0.39 is 0 Å². The molecule has 0 saturated carbocycles. The van der Waals surface area contributed by atoms with Crippen LogP contribution in [0.25, 0.3) is 10.9 Å². The number of benzene rings is 2. The molecule has 0 unspecified atom stereocenters. The van der Waals surface area contributed by atoms with Crippen LogP contribution in [-0.2, 0) is 11.8 Å². The largest absolute Gasteiger partial charge is 0.506 e. The third-order valence-corrected chi connectivity index (χ3v) is 6.42. The summed E-state index contributed by atoms with van der Waals surface area (Å²) >= 11 is 13.5. The van der Waals surface area contributed by atoms with Crippen molar-refractivity contribution in [3.05, 3.63) is 84.6 Å². The average molecular weight is 486 g/mol. The molecule has 0 fully saturated rings. The number of hydrogen-bond acceptors (Lipinski definition) is 5. The van der Waals surface area contributed by atoms with Crippen LogP contribution < -0.4 is 5.56 Å². The van der Waals surface area contributed by atoms with Crippen molar-refractivity contribution in [3.8, 4) is 5.75 Å². The molecule has 2 heterocycles. The Morgan fingerprint density at radius 2 is 1.94 bits per heavy atom. The van der Waals surface area contributed by atoms with Gasteiger partial charge in [-0.1, -0.05) is 73.5 Å². The van der Waals surface area contributed by atoms with Gasteiger partial charge in [-0.2, -0.15) is 0 Å². The monoisotopic (exact) mass is 485 g/mol. The number of aromatic nitrogens is 2. The summed E-state index contributed by atoms with van der Waals surface area (Å²) in [4.78, 5) is 25.8. The van der Waals surface area contributed by atoms with Crippen molar-refractivity contribution >= 4 is 56.8 Å². The smallest absolute Gasteiger partial charge is 0.251 e. The summed E-state index contributed by atoms with van der Waals surface area (Å²) in [6.07, 6.45) is 1.94. The van der Waals surface area contributed by atoms with Crippen molar-refractivity contribution in [1.29, 1.82) is 0 Å². The van der Waals surface area contributed by atoms with Crippen LogP contribution in [-0.4, -0.2) is 21.3 Å². The van der Waals surface area contributed by atoms with Gasteiger partial charge in [-0.3, -0.25) is 4.79 Å². The van der Waals surface area contributed by atoms with E-state index in [-0.39, 0.29) is 21.7 Å². The fourth-order valence-electron chi connectivity index (χ4n) is 3.41. The SMILES string of the molecule is CC(C)(C)c1nc(/N=C/c2cc(Cl)cc(Cl)c2O)sc1Cc1cc2ccccc2[nH]c1=O. The number of phenols is 1. The van der Waals surface area contributed by atoms with Crippen molar-refractivity contribution in [2.24, 2.45) is 4.99 Å². The van der Waals surface area contributed by atoms with Gasteiger partial charge in [-0.25, -0.2) is 9.98 Å². The van der Waals surface area contributed by atoms with E-state index in [2.05, 4.69) is 30.7 Å². The number of thiazole rings is 1. The topological polar surface area (TPSA) is 78.3 Å². The Morgan fingerprint density at radius 3 is 2.69 bits per heavy atom. The van der Waals surface area contributed by atoms with Crippen LogP contribution >= 0.6 is 34.5 Å². The van der Waals surface area contributed by atoms with Gasteiger partial charge in [0.15, 0.2) is 0 Å². The number of hydrogen-bond donors (Lipinski definition) is 2. The van der Waals surface area contributed by atoms with Crippen LogP contribution in [0.2, 0.25) is 10.0 Å². The van der Waals surface area contributed by atoms with E-state index in [4.69, 9.17) is 28.2 Å². The predicted molar refractivity (Wildman–Crippen MR) is 134 cm³/mol. The second kappa shape index (κ2) is 8.70. The lowest BCUT2D eigenvalue weighted by Crippen LogP contribution is -2.17. The quantitative estimate of drug-likeness (QED) is 0.318. The fraction of sp³-hybridized carbons (Fsp3) is 0.208. The number of aliphatic imine (C=N–C) groups is 1. The molecular formula is C24H21Cl2N3O2S. The molecule has 2 aromatic carbocycles. The summed E-state index contributed by atoms with van der Waals surface area (Å²) in [7, 11) is 0. The van der Waals surface area contributed by atoms with E-state index in [9.17, 15) is 9.90 Å². The van der Waals surface area contributed by atoms with Gasteiger partial charge in [0, 0.05) is 44.6 Å². The molecule has 5 nitrogen and oxygen atoms in total.